The van der Waals surface area contributed by atoms with Crippen molar-refractivity contribution in [2.75, 3.05) is 23.3 Å². The third kappa shape index (κ3) is 4.56. The second kappa shape index (κ2) is 8.25. The van der Waals surface area contributed by atoms with Crippen LogP contribution in [0.2, 0.25) is 0 Å². The lowest BCUT2D eigenvalue weighted by Crippen LogP contribution is -2.30. The van der Waals surface area contributed by atoms with Gasteiger partial charge >= 0.3 is 0 Å². The van der Waals surface area contributed by atoms with Crippen molar-refractivity contribution >= 4 is 17.3 Å². The molecule has 1 amide bonds. The normalized spacial score (nSPS) is 14.3. The Morgan fingerprint density at radius 2 is 1.65 bits per heavy atom. The highest BCUT2D eigenvalue weighted by Gasteiger charge is 2.17. The van der Waals surface area contributed by atoms with Gasteiger partial charge in [0.15, 0.2) is 0 Å². The summed E-state index contributed by atoms with van der Waals surface area (Å²) in [5.41, 5.74) is 1.35. The summed E-state index contributed by atoms with van der Waals surface area (Å²) >= 11 is 0. The number of nitrogens with zero attached hydrogens (tertiary/aromatic N) is 1. The highest BCUT2D eigenvalue weighted by Crippen LogP contribution is 2.29. The van der Waals surface area contributed by atoms with Crippen molar-refractivity contribution in [2.24, 2.45) is 0 Å². The van der Waals surface area contributed by atoms with Gasteiger partial charge in [-0.15, -0.1) is 0 Å². The van der Waals surface area contributed by atoms with Crippen molar-refractivity contribution in [3.63, 3.8) is 0 Å². The molecule has 1 heterocycles. The average Bonchev–Trinajstić information content (AvgIpc) is 2.63. The van der Waals surface area contributed by atoms with E-state index in [1.807, 2.05) is 0 Å². The maximum Gasteiger partial charge on any atom is 0.224 e. The second-order valence-electron chi connectivity index (χ2n) is 6.49. The summed E-state index contributed by atoms with van der Waals surface area (Å²) in [6.07, 6.45) is 3.34. The molecule has 0 aromatic heterocycles. The van der Waals surface area contributed by atoms with Gasteiger partial charge in [-0.3, -0.25) is 4.79 Å². The Morgan fingerprint density at radius 1 is 0.962 bits per heavy atom. The van der Waals surface area contributed by atoms with E-state index in [0.717, 1.165) is 49.8 Å². The zero-order valence-electron chi connectivity index (χ0n) is 14.4. The van der Waals surface area contributed by atoms with E-state index in [1.165, 1.54) is 18.6 Å². The highest BCUT2D eigenvalue weighted by atomic mass is 19.1. The van der Waals surface area contributed by atoms with E-state index in [9.17, 15) is 18.0 Å². The number of benzene rings is 2. The van der Waals surface area contributed by atoms with Crippen molar-refractivity contribution in [2.45, 2.75) is 32.1 Å². The molecule has 0 unspecified atom stereocenters. The summed E-state index contributed by atoms with van der Waals surface area (Å²) < 4.78 is 40.5. The number of halogens is 3. The van der Waals surface area contributed by atoms with Gasteiger partial charge in [-0.05, 0) is 67.6 Å². The zero-order valence-corrected chi connectivity index (χ0v) is 14.4. The molecule has 138 valence electrons. The van der Waals surface area contributed by atoms with Crippen LogP contribution in [0.3, 0.4) is 0 Å². The van der Waals surface area contributed by atoms with Gasteiger partial charge in [0.05, 0.1) is 11.4 Å². The van der Waals surface area contributed by atoms with E-state index >= 15 is 0 Å². The number of anilines is 2. The van der Waals surface area contributed by atoms with Gasteiger partial charge in [-0.25, -0.2) is 13.2 Å². The topological polar surface area (TPSA) is 32.3 Å². The number of piperidine rings is 1. The molecule has 6 heteroatoms. The van der Waals surface area contributed by atoms with Crippen LogP contribution < -0.4 is 10.2 Å². The number of hydrogen-bond acceptors (Lipinski definition) is 2. The first-order valence-corrected chi connectivity index (χ1v) is 8.81. The Bertz CT molecular complexity index is 789. The molecule has 1 N–H and O–H groups in total. The van der Waals surface area contributed by atoms with Gasteiger partial charge in [-0.2, -0.15) is 0 Å². The van der Waals surface area contributed by atoms with Crippen molar-refractivity contribution in [1.82, 2.24) is 0 Å². The molecule has 1 aliphatic rings. The van der Waals surface area contributed by atoms with Crippen LogP contribution in [0, 0.1) is 17.5 Å². The van der Waals surface area contributed by atoms with Crippen molar-refractivity contribution in [3.8, 4) is 0 Å². The summed E-state index contributed by atoms with van der Waals surface area (Å²) in [7, 11) is 0. The smallest absolute Gasteiger partial charge is 0.224 e. The molecule has 0 radical (unpaired) electrons. The third-order valence-electron chi connectivity index (χ3n) is 4.56. The van der Waals surface area contributed by atoms with E-state index in [2.05, 4.69) is 10.2 Å². The number of rotatable bonds is 5. The number of carbonyl (C=O) groups excluding carboxylic acids is 1. The van der Waals surface area contributed by atoms with Crippen LogP contribution in [0.25, 0.3) is 0 Å². The molecule has 3 rings (SSSR count). The molecule has 1 aliphatic heterocycles. The number of nitrogens with one attached hydrogen (secondary N) is 1. The van der Waals surface area contributed by atoms with Crippen molar-refractivity contribution in [3.05, 3.63) is 59.4 Å². The van der Waals surface area contributed by atoms with Gasteiger partial charge in [0.2, 0.25) is 5.91 Å². The molecule has 0 saturated carbocycles. The van der Waals surface area contributed by atoms with Crippen LogP contribution in [-0.4, -0.2) is 19.0 Å². The molecule has 2 aromatic carbocycles. The molecule has 1 saturated heterocycles. The minimum absolute atomic E-state index is 0.0175. The Balaban J connectivity index is 1.68. The molecule has 0 spiro atoms. The predicted octanol–water partition coefficient (Wildman–Crippen LogP) is 4.67. The standard InChI is InChI=1S/C20H21F3N2O/c21-15-5-7-17(23)14(12-15)4-9-20(26)24-18-13-16(22)6-8-19(18)25-10-2-1-3-11-25/h5-8,12-13H,1-4,9-11H2,(H,24,26). The van der Waals surface area contributed by atoms with Crippen LogP contribution in [0.1, 0.15) is 31.2 Å². The average molecular weight is 362 g/mol. The lowest BCUT2D eigenvalue weighted by atomic mass is 10.1. The van der Waals surface area contributed by atoms with Gasteiger partial charge in [0.1, 0.15) is 17.5 Å². The lowest BCUT2D eigenvalue weighted by Gasteiger charge is -2.30. The monoisotopic (exact) mass is 362 g/mol. The number of carbonyl (C=O) groups is 1. The van der Waals surface area contributed by atoms with Crippen molar-refractivity contribution < 1.29 is 18.0 Å². The quantitative estimate of drug-likeness (QED) is 0.839. The fourth-order valence-corrected chi connectivity index (χ4v) is 3.21. The van der Waals surface area contributed by atoms with E-state index < -0.39 is 17.5 Å². The predicted molar refractivity (Wildman–Crippen MR) is 95.8 cm³/mol. The number of hydrogen-bond donors (Lipinski definition) is 1. The minimum atomic E-state index is -0.543. The Hall–Kier alpha value is -2.50. The van der Waals surface area contributed by atoms with E-state index in [1.54, 1.807) is 6.07 Å². The molecular formula is C20H21F3N2O. The van der Waals surface area contributed by atoms with Crippen LogP contribution in [-0.2, 0) is 11.2 Å². The summed E-state index contributed by atoms with van der Waals surface area (Å²) in [5.74, 6) is -1.88. The first kappa shape index (κ1) is 18.3. The molecule has 0 aliphatic carbocycles. The molecule has 1 fully saturated rings. The second-order valence-corrected chi connectivity index (χ2v) is 6.49. The van der Waals surface area contributed by atoms with Crippen LogP contribution in [0.4, 0.5) is 24.5 Å². The zero-order chi connectivity index (χ0) is 18.5. The largest absolute Gasteiger partial charge is 0.370 e. The summed E-state index contributed by atoms with van der Waals surface area (Å²) in [6, 6.07) is 7.51. The van der Waals surface area contributed by atoms with E-state index in [-0.39, 0.29) is 24.3 Å². The Labute approximate surface area is 150 Å². The molecule has 0 atom stereocenters. The first-order valence-electron chi connectivity index (χ1n) is 8.81. The molecule has 26 heavy (non-hydrogen) atoms. The van der Waals surface area contributed by atoms with Gasteiger partial charge in [-0.1, -0.05) is 0 Å². The third-order valence-corrected chi connectivity index (χ3v) is 4.56. The van der Waals surface area contributed by atoms with Crippen LogP contribution in [0.5, 0.6) is 0 Å². The van der Waals surface area contributed by atoms with Crippen molar-refractivity contribution in [1.29, 1.82) is 0 Å². The van der Waals surface area contributed by atoms with Gasteiger partial charge < -0.3 is 10.2 Å². The number of amides is 1. The molecule has 2 aromatic rings. The van der Waals surface area contributed by atoms with E-state index in [0.29, 0.717) is 5.69 Å². The summed E-state index contributed by atoms with van der Waals surface area (Å²) in [5, 5.41) is 2.72. The van der Waals surface area contributed by atoms with Crippen LogP contribution in [0.15, 0.2) is 36.4 Å². The Morgan fingerprint density at radius 3 is 2.42 bits per heavy atom. The maximum absolute atomic E-state index is 13.7. The molecular weight excluding hydrogens is 341 g/mol. The first-order chi connectivity index (χ1) is 12.5. The molecule has 0 bridgehead atoms. The SMILES string of the molecule is O=C(CCc1cc(F)ccc1F)Nc1cc(F)ccc1N1CCCCC1. The Kier molecular flexibility index (Phi) is 5.81. The highest BCUT2D eigenvalue weighted by molar-refractivity contribution is 5.94. The van der Waals surface area contributed by atoms with Gasteiger partial charge in [0.25, 0.3) is 0 Å². The van der Waals surface area contributed by atoms with E-state index in [4.69, 9.17) is 0 Å². The molecule has 3 nitrogen and oxygen atoms in total. The lowest BCUT2D eigenvalue weighted by molar-refractivity contribution is -0.116. The van der Waals surface area contributed by atoms with Crippen LogP contribution >= 0.6 is 0 Å². The summed E-state index contributed by atoms with van der Waals surface area (Å²) in [4.78, 5) is 14.4. The minimum Gasteiger partial charge on any atom is -0.370 e. The maximum atomic E-state index is 13.7. The summed E-state index contributed by atoms with van der Waals surface area (Å²) in [6.45, 7) is 1.73. The number of aryl methyl sites for hydroxylation is 1. The van der Waals surface area contributed by atoms with Gasteiger partial charge in [0, 0.05) is 19.5 Å². The fourth-order valence-electron chi connectivity index (χ4n) is 3.21. The fraction of sp³-hybridized carbons (Fsp3) is 0.350.